The molecular formula is C10H16N2. The molecule has 1 aromatic carbocycles. The molecule has 0 saturated heterocycles. The molecule has 0 amide bonds. The van der Waals surface area contributed by atoms with E-state index in [1.807, 2.05) is 6.07 Å². The summed E-state index contributed by atoms with van der Waals surface area (Å²) in [5.74, 6) is 0. The van der Waals surface area contributed by atoms with Crippen LogP contribution in [0.4, 0.5) is 0 Å². The van der Waals surface area contributed by atoms with Crippen molar-refractivity contribution in [1.29, 1.82) is 0 Å². The number of hydrogen-bond acceptors (Lipinski definition) is 2. The predicted octanol–water partition coefficient (Wildman–Crippen LogP) is 1.26. The van der Waals surface area contributed by atoms with E-state index in [2.05, 4.69) is 26.0 Å². The molecule has 1 atom stereocenters. The van der Waals surface area contributed by atoms with Gasteiger partial charge in [-0.1, -0.05) is 18.2 Å². The molecule has 0 unspecified atom stereocenters. The lowest BCUT2D eigenvalue weighted by molar-refractivity contribution is 0.726. The lowest BCUT2D eigenvalue weighted by atomic mass is 9.97. The van der Waals surface area contributed by atoms with Crippen molar-refractivity contribution in [3.05, 3.63) is 34.9 Å². The van der Waals surface area contributed by atoms with Gasteiger partial charge in [0.25, 0.3) is 0 Å². The summed E-state index contributed by atoms with van der Waals surface area (Å²) in [5.41, 5.74) is 15.0. The van der Waals surface area contributed by atoms with Crippen LogP contribution in [0.5, 0.6) is 0 Å². The minimum absolute atomic E-state index is 0.0220. The highest BCUT2D eigenvalue weighted by atomic mass is 14.7. The van der Waals surface area contributed by atoms with Crippen molar-refractivity contribution < 1.29 is 0 Å². The van der Waals surface area contributed by atoms with Crippen LogP contribution in [0, 0.1) is 13.8 Å². The summed E-state index contributed by atoms with van der Waals surface area (Å²) in [6, 6.07) is 6.15. The highest BCUT2D eigenvalue weighted by Crippen LogP contribution is 2.18. The Labute approximate surface area is 73.6 Å². The van der Waals surface area contributed by atoms with Gasteiger partial charge in [0.2, 0.25) is 0 Å². The Kier molecular flexibility index (Phi) is 2.84. The van der Waals surface area contributed by atoms with Gasteiger partial charge in [-0.3, -0.25) is 0 Å². The van der Waals surface area contributed by atoms with Crippen molar-refractivity contribution in [3.63, 3.8) is 0 Å². The van der Waals surface area contributed by atoms with Gasteiger partial charge in [-0.2, -0.15) is 0 Å². The minimum Gasteiger partial charge on any atom is -0.329 e. The lowest BCUT2D eigenvalue weighted by Gasteiger charge is -2.15. The van der Waals surface area contributed by atoms with E-state index in [9.17, 15) is 0 Å². The fourth-order valence-electron chi connectivity index (χ4n) is 1.53. The molecule has 4 N–H and O–H groups in total. The highest BCUT2D eigenvalue weighted by Gasteiger charge is 2.08. The Morgan fingerprint density at radius 2 is 1.75 bits per heavy atom. The molecule has 66 valence electrons. The van der Waals surface area contributed by atoms with Gasteiger partial charge in [0.1, 0.15) is 0 Å². The molecule has 0 fully saturated rings. The average molecular weight is 164 g/mol. The van der Waals surface area contributed by atoms with Crippen molar-refractivity contribution in [2.24, 2.45) is 11.5 Å². The van der Waals surface area contributed by atoms with E-state index in [-0.39, 0.29) is 6.04 Å². The molecule has 0 aliphatic rings. The summed E-state index contributed by atoms with van der Waals surface area (Å²) in [6.07, 6.45) is 0. The van der Waals surface area contributed by atoms with Crippen LogP contribution >= 0.6 is 0 Å². The maximum Gasteiger partial charge on any atom is 0.0424 e. The number of benzene rings is 1. The normalized spacial score (nSPS) is 13.0. The molecule has 2 heteroatoms. The second-order valence-corrected chi connectivity index (χ2v) is 3.15. The van der Waals surface area contributed by atoms with E-state index >= 15 is 0 Å². The van der Waals surface area contributed by atoms with Gasteiger partial charge < -0.3 is 11.5 Å². The van der Waals surface area contributed by atoms with Crippen LogP contribution in [0.15, 0.2) is 18.2 Å². The molecule has 1 rings (SSSR count). The molecule has 0 bridgehead atoms. The first-order chi connectivity index (χ1) is 5.66. The third kappa shape index (κ3) is 1.65. The third-order valence-electron chi connectivity index (χ3n) is 2.17. The van der Waals surface area contributed by atoms with Crippen LogP contribution in [0.3, 0.4) is 0 Å². The summed E-state index contributed by atoms with van der Waals surface area (Å²) in [5, 5.41) is 0. The molecule has 0 spiro atoms. The lowest BCUT2D eigenvalue weighted by Crippen LogP contribution is -2.22. The Morgan fingerprint density at radius 3 is 2.17 bits per heavy atom. The van der Waals surface area contributed by atoms with Gasteiger partial charge in [0, 0.05) is 12.6 Å². The summed E-state index contributed by atoms with van der Waals surface area (Å²) in [4.78, 5) is 0. The maximum absolute atomic E-state index is 5.87. The third-order valence-corrected chi connectivity index (χ3v) is 2.17. The van der Waals surface area contributed by atoms with E-state index in [0.29, 0.717) is 6.54 Å². The molecule has 2 nitrogen and oxygen atoms in total. The molecular weight excluding hydrogens is 148 g/mol. The average Bonchev–Trinajstić information content (AvgIpc) is 2.03. The van der Waals surface area contributed by atoms with Crippen LogP contribution in [0.1, 0.15) is 22.7 Å². The Balaban J connectivity index is 3.12. The second-order valence-electron chi connectivity index (χ2n) is 3.15. The zero-order valence-corrected chi connectivity index (χ0v) is 7.67. The molecule has 1 aromatic rings. The van der Waals surface area contributed by atoms with Crippen LogP contribution in [0.2, 0.25) is 0 Å². The molecule has 0 saturated carbocycles. The molecule has 0 aliphatic carbocycles. The summed E-state index contributed by atoms with van der Waals surface area (Å²) >= 11 is 0. The van der Waals surface area contributed by atoms with Gasteiger partial charge in [-0.25, -0.2) is 0 Å². The zero-order chi connectivity index (χ0) is 9.14. The Morgan fingerprint density at radius 1 is 1.25 bits per heavy atom. The van der Waals surface area contributed by atoms with Crippen molar-refractivity contribution in [2.75, 3.05) is 6.54 Å². The van der Waals surface area contributed by atoms with Crippen molar-refractivity contribution in [3.8, 4) is 0 Å². The van der Waals surface area contributed by atoms with Crippen LogP contribution < -0.4 is 11.5 Å². The summed E-state index contributed by atoms with van der Waals surface area (Å²) < 4.78 is 0. The molecule has 0 aromatic heterocycles. The fourth-order valence-corrected chi connectivity index (χ4v) is 1.53. The van der Waals surface area contributed by atoms with Gasteiger partial charge in [0.15, 0.2) is 0 Å². The zero-order valence-electron chi connectivity index (χ0n) is 7.67. The summed E-state index contributed by atoms with van der Waals surface area (Å²) in [7, 11) is 0. The topological polar surface area (TPSA) is 52.0 Å². The van der Waals surface area contributed by atoms with Crippen molar-refractivity contribution >= 4 is 0 Å². The van der Waals surface area contributed by atoms with E-state index in [1.165, 1.54) is 16.7 Å². The Bertz CT molecular complexity index is 248. The Hall–Kier alpha value is -0.860. The monoisotopic (exact) mass is 164 g/mol. The van der Waals surface area contributed by atoms with Crippen LogP contribution in [-0.4, -0.2) is 6.54 Å². The molecule has 0 radical (unpaired) electrons. The quantitative estimate of drug-likeness (QED) is 0.691. The molecule has 0 aliphatic heterocycles. The minimum atomic E-state index is -0.0220. The largest absolute Gasteiger partial charge is 0.329 e. The van der Waals surface area contributed by atoms with Gasteiger partial charge in [-0.15, -0.1) is 0 Å². The number of nitrogens with two attached hydrogens (primary N) is 2. The fraction of sp³-hybridized carbons (Fsp3) is 0.400. The molecule has 12 heavy (non-hydrogen) atoms. The van der Waals surface area contributed by atoms with Gasteiger partial charge in [0.05, 0.1) is 0 Å². The number of rotatable bonds is 2. The highest BCUT2D eigenvalue weighted by molar-refractivity contribution is 5.36. The van der Waals surface area contributed by atoms with E-state index in [0.717, 1.165) is 0 Å². The van der Waals surface area contributed by atoms with Crippen LogP contribution in [-0.2, 0) is 0 Å². The number of hydrogen-bond donors (Lipinski definition) is 2. The standard InChI is InChI=1S/C10H16N2/c1-7-4-3-5-8(2)10(7)9(12)6-11/h3-5,9H,6,11-12H2,1-2H3/t9-/m1/s1. The van der Waals surface area contributed by atoms with E-state index in [1.54, 1.807) is 0 Å². The van der Waals surface area contributed by atoms with Crippen molar-refractivity contribution in [2.45, 2.75) is 19.9 Å². The summed E-state index contributed by atoms with van der Waals surface area (Å²) in [6.45, 7) is 4.64. The van der Waals surface area contributed by atoms with Crippen molar-refractivity contribution in [1.82, 2.24) is 0 Å². The van der Waals surface area contributed by atoms with Gasteiger partial charge >= 0.3 is 0 Å². The first kappa shape index (κ1) is 9.23. The smallest absolute Gasteiger partial charge is 0.0424 e. The first-order valence-corrected chi connectivity index (χ1v) is 4.18. The van der Waals surface area contributed by atoms with Crippen LogP contribution in [0.25, 0.3) is 0 Å². The first-order valence-electron chi connectivity index (χ1n) is 4.18. The van der Waals surface area contributed by atoms with E-state index < -0.39 is 0 Å². The predicted molar refractivity (Wildman–Crippen MR) is 51.9 cm³/mol. The van der Waals surface area contributed by atoms with E-state index in [4.69, 9.17) is 11.5 Å². The van der Waals surface area contributed by atoms with Gasteiger partial charge in [-0.05, 0) is 30.5 Å². The number of aryl methyl sites for hydroxylation is 2. The SMILES string of the molecule is Cc1cccc(C)c1[C@H](N)CN. The molecule has 0 heterocycles. The second kappa shape index (κ2) is 3.70. The maximum atomic E-state index is 5.87.